The third-order valence-corrected chi connectivity index (χ3v) is 3.17. The lowest BCUT2D eigenvalue weighted by molar-refractivity contribution is -0.167. The van der Waals surface area contributed by atoms with Crippen LogP contribution in [0, 0.1) is 0 Å². The van der Waals surface area contributed by atoms with Gasteiger partial charge in [0.2, 0.25) is 5.78 Å². The third-order valence-electron chi connectivity index (χ3n) is 2.24. The van der Waals surface area contributed by atoms with Crippen molar-refractivity contribution in [3.05, 3.63) is 36.4 Å². The van der Waals surface area contributed by atoms with Crippen molar-refractivity contribution in [1.82, 2.24) is 4.98 Å². The molecule has 94 valence electrons. The van der Waals surface area contributed by atoms with Gasteiger partial charge in [-0.2, -0.15) is 13.2 Å². The van der Waals surface area contributed by atoms with Gasteiger partial charge in [0.1, 0.15) is 0 Å². The number of aromatic nitrogens is 1. The summed E-state index contributed by atoms with van der Waals surface area (Å²) < 4.78 is 36.1. The number of hydrogen-bond donors (Lipinski definition) is 0. The molecule has 0 radical (unpaired) electrons. The second kappa shape index (κ2) is 4.97. The average Bonchev–Trinajstić information content (AvgIpc) is 2.34. The Morgan fingerprint density at radius 1 is 1.17 bits per heavy atom. The van der Waals surface area contributed by atoms with Crippen molar-refractivity contribution in [3.63, 3.8) is 0 Å². The minimum atomic E-state index is -4.77. The summed E-state index contributed by atoms with van der Waals surface area (Å²) in [5, 5.41) is 1.32. The molecule has 0 aliphatic carbocycles. The van der Waals surface area contributed by atoms with Crippen LogP contribution in [0.4, 0.5) is 13.2 Å². The average molecular weight is 271 g/mol. The summed E-state index contributed by atoms with van der Waals surface area (Å²) in [4.78, 5) is 14.9. The summed E-state index contributed by atoms with van der Waals surface area (Å²) in [6.45, 7) is 0. The fourth-order valence-corrected chi connectivity index (χ4v) is 2.12. The van der Waals surface area contributed by atoms with Gasteiger partial charge in [-0.3, -0.25) is 4.79 Å². The van der Waals surface area contributed by atoms with Crippen LogP contribution in [0.1, 0.15) is 0 Å². The number of pyridine rings is 1. The lowest BCUT2D eigenvalue weighted by Crippen LogP contribution is -2.24. The standard InChI is InChI=1S/C12H8F3NOS/c13-12(14,15)10(17)7-18-11-6-5-8-3-1-2-4-9(8)16-11/h1-6H,7H2. The molecule has 0 spiro atoms. The van der Waals surface area contributed by atoms with E-state index < -0.39 is 17.7 Å². The predicted octanol–water partition coefficient (Wildman–Crippen LogP) is 3.46. The molecule has 2 nitrogen and oxygen atoms in total. The molecule has 1 heterocycles. The van der Waals surface area contributed by atoms with E-state index in [0.717, 1.165) is 17.1 Å². The Bertz CT molecular complexity index is 583. The van der Waals surface area contributed by atoms with Crippen molar-refractivity contribution >= 4 is 28.4 Å². The Morgan fingerprint density at radius 2 is 1.89 bits per heavy atom. The molecular formula is C12H8F3NOS. The molecule has 0 fully saturated rings. The Morgan fingerprint density at radius 3 is 2.61 bits per heavy atom. The molecule has 18 heavy (non-hydrogen) atoms. The van der Waals surface area contributed by atoms with Gasteiger partial charge < -0.3 is 0 Å². The van der Waals surface area contributed by atoms with E-state index >= 15 is 0 Å². The first-order valence-corrected chi connectivity index (χ1v) is 6.04. The molecule has 0 unspecified atom stereocenters. The minimum Gasteiger partial charge on any atom is -0.289 e. The van der Waals surface area contributed by atoms with Crippen molar-refractivity contribution in [2.24, 2.45) is 0 Å². The van der Waals surface area contributed by atoms with Crippen LogP contribution in [0.5, 0.6) is 0 Å². The maximum absolute atomic E-state index is 12.0. The van der Waals surface area contributed by atoms with E-state index in [9.17, 15) is 18.0 Å². The quantitative estimate of drug-likeness (QED) is 0.801. The number of carbonyl (C=O) groups excluding carboxylic acids is 1. The summed E-state index contributed by atoms with van der Waals surface area (Å²) in [6, 6.07) is 10.6. The lowest BCUT2D eigenvalue weighted by Gasteiger charge is -2.05. The summed E-state index contributed by atoms with van der Waals surface area (Å²) >= 11 is 0.790. The van der Waals surface area contributed by atoms with Crippen LogP contribution in [-0.4, -0.2) is 22.7 Å². The number of alkyl halides is 3. The summed E-state index contributed by atoms with van der Waals surface area (Å²) in [5.74, 6) is -2.39. The number of carbonyl (C=O) groups is 1. The topological polar surface area (TPSA) is 30.0 Å². The maximum atomic E-state index is 12.0. The lowest BCUT2D eigenvalue weighted by atomic mass is 10.2. The molecule has 0 N–H and O–H groups in total. The largest absolute Gasteiger partial charge is 0.450 e. The smallest absolute Gasteiger partial charge is 0.289 e. The number of benzene rings is 1. The SMILES string of the molecule is O=C(CSc1ccc2ccccc2n1)C(F)(F)F. The molecule has 2 aromatic rings. The third kappa shape index (κ3) is 3.01. The number of hydrogen-bond acceptors (Lipinski definition) is 3. The zero-order chi connectivity index (χ0) is 13.2. The summed E-state index contributed by atoms with van der Waals surface area (Å²) in [6.07, 6.45) is -4.77. The molecule has 0 saturated heterocycles. The number of para-hydroxylation sites is 1. The van der Waals surface area contributed by atoms with Crippen molar-refractivity contribution < 1.29 is 18.0 Å². The van der Waals surface area contributed by atoms with Crippen LogP contribution < -0.4 is 0 Å². The van der Waals surface area contributed by atoms with Crippen LogP contribution in [0.3, 0.4) is 0 Å². The first-order valence-electron chi connectivity index (χ1n) is 5.05. The van der Waals surface area contributed by atoms with Gasteiger partial charge in [0.15, 0.2) is 0 Å². The molecular weight excluding hydrogens is 263 g/mol. The molecule has 6 heteroatoms. The van der Waals surface area contributed by atoms with Crippen LogP contribution >= 0.6 is 11.8 Å². The molecule has 0 bridgehead atoms. The van der Waals surface area contributed by atoms with Gasteiger partial charge in [-0.15, -0.1) is 0 Å². The molecule has 2 rings (SSSR count). The normalized spacial score (nSPS) is 11.7. The van der Waals surface area contributed by atoms with Crippen LogP contribution in [0.15, 0.2) is 41.4 Å². The van der Waals surface area contributed by atoms with Gasteiger partial charge >= 0.3 is 6.18 Å². The molecule has 0 aliphatic rings. The fourth-order valence-electron chi connectivity index (χ4n) is 1.35. The number of halogens is 3. The van der Waals surface area contributed by atoms with Gasteiger partial charge in [0.25, 0.3) is 0 Å². The van der Waals surface area contributed by atoms with Gasteiger partial charge in [-0.25, -0.2) is 4.98 Å². The molecule has 0 aliphatic heterocycles. The number of ketones is 1. The molecule has 0 amide bonds. The highest BCUT2D eigenvalue weighted by atomic mass is 32.2. The van der Waals surface area contributed by atoms with E-state index in [-0.39, 0.29) is 0 Å². The van der Waals surface area contributed by atoms with Gasteiger partial charge in [-0.05, 0) is 12.1 Å². The van der Waals surface area contributed by atoms with E-state index in [1.54, 1.807) is 24.3 Å². The summed E-state index contributed by atoms with van der Waals surface area (Å²) in [7, 11) is 0. The van der Waals surface area contributed by atoms with Crippen LogP contribution in [0.2, 0.25) is 0 Å². The van der Waals surface area contributed by atoms with Crippen molar-refractivity contribution in [2.75, 3.05) is 5.75 Å². The van der Waals surface area contributed by atoms with Crippen molar-refractivity contribution in [3.8, 4) is 0 Å². The molecule has 1 aromatic heterocycles. The predicted molar refractivity (Wildman–Crippen MR) is 63.5 cm³/mol. The van der Waals surface area contributed by atoms with Crippen molar-refractivity contribution in [1.29, 1.82) is 0 Å². The highest BCUT2D eigenvalue weighted by Crippen LogP contribution is 2.24. The Hall–Kier alpha value is -1.56. The van der Waals surface area contributed by atoms with E-state index in [4.69, 9.17) is 0 Å². The number of nitrogens with zero attached hydrogens (tertiary/aromatic N) is 1. The first-order chi connectivity index (χ1) is 8.47. The highest BCUT2D eigenvalue weighted by molar-refractivity contribution is 7.99. The Labute approximate surface area is 105 Å². The first kappa shape index (κ1) is 12.9. The highest BCUT2D eigenvalue weighted by Gasteiger charge is 2.37. The molecule has 1 aromatic carbocycles. The number of rotatable bonds is 3. The minimum absolute atomic E-state index is 0.409. The van der Waals surface area contributed by atoms with E-state index in [2.05, 4.69) is 4.98 Å². The number of Topliss-reactive ketones (excluding diaryl/α,β-unsaturated/α-hetero) is 1. The summed E-state index contributed by atoms with van der Waals surface area (Å²) in [5.41, 5.74) is 0.696. The second-order valence-corrected chi connectivity index (χ2v) is 4.55. The van der Waals surface area contributed by atoms with E-state index in [0.29, 0.717) is 10.5 Å². The second-order valence-electron chi connectivity index (χ2n) is 3.55. The number of thioether (sulfide) groups is 1. The fraction of sp³-hybridized carbons (Fsp3) is 0.167. The molecule has 0 atom stereocenters. The van der Waals surface area contributed by atoms with Gasteiger partial charge in [-0.1, -0.05) is 36.0 Å². The number of fused-ring (bicyclic) bond motifs is 1. The zero-order valence-electron chi connectivity index (χ0n) is 9.07. The Balaban J connectivity index is 2.11. The maximum Gasteiger partial charge on any atom is 0.450 e. The molecule has 0 saturated carbocycles. The monoisotopic (exact) mass is 271 g/mol. The van der Waals surface area contributed by atoms with Crippen molar-refractivity contribution in [2.45, 2.75) is 11.2 Å². The van der Waals surface area contributed by atoms with E-state index in [1.165, 1.54) is 0 Å². The van der Waals surface area contributed by atoms with E-state index in [1.807, 2.05) is 12.1 Å². The van der Waals surface area contributed by atoms with Gasteiger partial charge in [0.05, 0.1) is 16.3 Å². The zero-order valence-corrected chi connectivity index (χ0v) is 9.89. The van der Waals surface area contributed by atoms with Crippen LogP contribution in [0.25, 0.3) is 10.9 Å². The van der Waals surface area contributed by atoms with Crippen LogP contribution in [-0.2, 0) is 4.79 Å². The Kier molecular flexibility index (Phi) is 3.56. The van der Waals surface area contributed by atoms with Gasteiger partial charge in [0, 0.05) is 5.39 Å².